The van der Waals surface area contributed by atoms with Crippen molar-refractivity contribution in [2.45, 2.75) is 6.92 Å². The van der Waals surface area contributed by atoms with E-state index < -0.39 is 23.3 Å². The zero-order chi connectivity index (χ0) is 14.5. The highest BCUT2D eigenvalue weighted by Crippen LogP contribution is 2.24. The Labute approximate surface area is 112 Å². The zero-order valence-corrected chi connectivity index (χ0v) is 10.4. The monoisotopic (exact) mass is 278 g/mol. The molecule has 0 aliphatic carbocycles. The molecule has 0 atom stereocenters. The molecular formula is C11H10N4O5. The van der Waals surface area contributed by atoms with Crippen molar-refractivity contribution >= 4 is 17.5 Å². The molecule has 0 bridgehead atoms. The normalized spacial score (nSPS) is 10.1. The zero-order valence-electron chi connectivity index (χ0n) is 10.4. The van der Waals surface area contributed by atoms with Crippen LogP contribution in [-0.2, 0) is 4.79 Å². The maximum absolute atomic E-state index is 11.5. The van der Waals surface area contributed by atoms with E-state index in [1.54, 1.807) is 13.0 Å². The van der Waals surface area contributed by atoms with Crippen LogP contribution in [0.3, 0.4) is 0 Å². The van der Waals surface area contributed by atoms with Gasteiger partial charge in [-0.05, 0) is 22.0 Å². The smallest absolute Gasteiger partial charge is 0.406 e. The molecular weight excluding hydrogens is 268 g/mol. The van der Waals surface area contributed by atoms with E-state index in [-0.39, 0.29) is 11.6 Å². The highest BCUT2D eigenvalue weighted by molar-refractivity contribution is 5.90. The fraction of sp³-hybridized carbons (Fsp3) is 0.182. The first-order valence-electron chi connectivity index (χ1n) is 5.51. The molecule has 2 rings (SSSR count). The maximum Gasteiger partial charge on any atom is 0.406 e. The molecule has 0 unspecified atom stereocenters. The van der Waals surface area contributed by atoms with Gasteiger partial charge in [0.2, 0.25) is 5.75 Å². The minimum Gasteiger partial charge on any atom is -0.476 e. The number of aromatic nitrogens is 2. The van der Waals surface area contributed by atoms with Gasteiger partial charge in [0, 0.05) is 13.0 Å². The molecule has 1 amide bonds. The quantitative estimate of drug-likeness (QED) is 0.646. The van der Waals surface area contributed by atoms with Crippen LogP contribution in [0, 0.1) is 17.0 Å². The Balaban J connectivity index is 2.00. The number of ether oxygens (including phenoxy) is 1. The lowest BCUT2D eigenvalue weighted by molar-refractivity contribution is -0.390. The molecule has 0 spiro atoms. The van der Waals surface area contributed by atoms with Gasteiger partial charge >= 0.3 is 5.82 Å². The number of pyridine rings is 1. The van der Waals surface area contributed by atoms with Crippen LogP contribution in [0.1, 0.15) is 5.69 Å². The molecule has 0 aliphatic heterocycles. The van der Waals surface area contributed by atoms with Gasteiger partial charge in [-0.3, -0.25) is 4.79 Å². The largest absolute Gasteiger partial charge is 0.476 e. The molecule has 1 N–H and O–H groups in total. The lowest BCUT2D eigenvalue weighted by Crippen LogP contribution is -2.20. The fourth-order valence-electron chi connectivity index (χ4n) is 1.37. The van der Waals surface area contributed by atoms with Crippen LogP contribution in [0.4, 0.5) is 11.6 Å². The summed E-state index contributed by atoms with van der Waals surface area (Å²) in [5.41, 5.74) is 0.482. The molecule has 9 heteroatoms. The van der Waals surface area contributed by atoms with Crippen LogP contribution in [0.15, 0.2) is 29.0 Å². The van der Waals surface area contributed by atoms with Gasteiger partial charge in [-0.1, -0.05) is 5.16 Å². The summed E-state index contributed by atoms with van der Waals surface area (Å²) in [6.45, 7) is 1.21. The van der Waals surface area contributed by atoms with Crippen LogP contribution in [0.25, 0.3) is 0 Å². The van der Waals surface area contributed by atoms with E-state index in [1.165, 1.54) is 18.4 Å². The summed E-state index contributed by atoms with van der Waals surface area (Å²) in [4.78, 5) is 25.4. The molecule has 0 aliphatic rings. The van der Waals surface area contributed by atoms with E-state index in [1.807, 2.05) is 0 Å². The van der Waals surface area contributed by atoms with Crippen molar-refractivity contribution in [3.8, 4) is 5.75 Å². The number of hydrogen-bond acceptors (Lipinski definition) is 7. The Morgan fingerprint density at radius 3 is 2.95 bits per heavy atom. The molecule has 0 fully saturated rings. The maximum atomic E-state index is 11.5. The number of nitrogens with one attached hydrogen (secondary N) is 1. The van der Waals surface area contributed by atoms with Crippen LogP contribution in [-0.4, -0.2) is 27.6 Å². The Morgan fingerprint density at radius 2 is 2.30 bits per heavy atom. The first-order valence-corrected chi connectivity index (χ1v) is 5.51. The average molecular weight is 278 g/mol. The van der Waals surface area contributed by atoms with E-state index in [0.29, 0.717) is 5.69 Å². The summed E-state index contributed by atoms with van der Waals surface area (Å²) in [5, 5.41) is 16.7. The van der Waals surface area contributed by atoms with E-state index in [0.717, 1.165) is 0 Å². The highest BCUT2D eigenvalue weighted by atomic mass is 16.6. The Kier molecular flexibility index (Phi) is 3.89. The summed E-state index contributed by atoms with van der Waals surface area (Å²) in [6, 6.07) is 4.40. The lowest BCUT2D eigenvalue weighted by atomic mass is 10.3. The standard InChI is InChI=1S/C11H10N4O5/c1-7-2-3-8(11(12-7)15(17)18)19-6-10(16)13-9-4-5-20-14-9/h2-5H,6H2,1H3,(H,13,14,16). The molecule has 20 heavy (non-hydrogen) atoms. The highest BCUT2D eigenvalue weighted by Gasteiger charge is 2.18. The molecule has 2 heterocycles. The molecule has 0 saturated carbocycles. The summed E-state index contributed by atoms with van der Waals surface area (Å²) >= 11 is 0. The average Bonchev–Trinajstić information content (AvgIpc) is 2.90. The number of nitro groups is 1. The van der Waals surface area contributed by atoms with Gasteiger partial charge in [0.05, 0.1) is 0 Å². The van der Waals surface area contributed by atoms with E-state index in [9.17, 15) is 14.9 Å². The van der Waals surface area contributed by atoms with Gasteiger partial charge in [0.1, 0.15) is 12.0 Å². The van der Waals surface area contributed by atoms with Crippen LogP contribution in [0.5, 0.6) is 5.75 Å². The number of aryl methyl sites for hydroxylation is 1. The first-order chi connectivity index (χ1) is 9.56. The van der Waals surface area contributed by atoms with Crippen LogP contribution >= 0.6 is 0 Å². The Bertz CT molecular complexity index is 626. The second-order valence-corrected chi connectivity index (χ2v) is 3.75. The van der Waals surface area contributed by atoms with Gasteiger partial charge in [-0.15, -0.1) is 0 Å². The van der Waals surface area contributed by atoms with Crippen LogP contribution < -0.4 is 10.1 Å². The van der Waals surface area contributed by atoms with Crippen molar-refractivity contribution in [1.29, 1.82) is 0 Å². The molecule has 2 aromatic rings. The third-order valence-corrected chi connectivity index (χ3v) is 2.22. The Morgan fingerprint density at radius 1 is 1.50 bits per heavy atom. The third kappa shape index (κ3) is 3.28. The van der Waals surface area contributed by atoms with Crippen molar-refractivity contribution in [2.75, 3.05) is 11.9 Å². The second-order valence-electron chi connectivity index (χ2n) is 3.75. The number of anilines is 1. The predicted octanol–water partition coefficient (Wildman–Crippen LogP) is 1.30. The van der Waals surface area contributed by atoms with Gasteiger partial charge in [-0.2, -0.15) is 0 Å². The summed E-state index contributed by atoms with van der Waals surface area (Å²) in [7, 11) is 0. The summed E-state index contributed by atoms with van der Waals surface area (Å²) in [5.74, 6) is -0.793. The number of nitrogens with zero attached hydrogens (tertiary/aromatic N) is 3. The second kappa shape index (κ2) is 5.78. The van der Waals surface area contributed by atoms with Crippen molar-refractivity contribution in [3.05, 3.63) is 40.3 Å². The van der Waals surface area contributed by atoms with Crippen molar-refractivity contribution in [3.63, 3.8) is 0 Å². The molecule has 104 valence electrons. The van der Waals surface area contributed by atoms with Gasteiger partial charge < -0.3 is 24.7 Å². The lowest BCUT2D eigenvalue weighted by Gasteiger charge is -2.06. The van der Waals surface area contributed by atoms with Gasteiger partial charge in [-0.25, -0.2) is 0 Å². The molecule has 0 aromatic carbocycles. The SMILES string of the molecule is Cc1ccc(OCC(=O)Nc2ccon2)c([N+](=O)[O-])n1. The number of rotatable bonds is 5. The number of amides is 1. The van der Waals surface area contributed by atoms with Crippen molar-refractivity contribution < 1.29 is 19.0 Å². The van der Waals surface area contributed by atoms with Crippen molar-refractivity contribution in [2.24, 2.45) is 0 Å². The van der Waals surface area contributed by atoms with Gasteiger partial charge in [0.15, 0.2) is 12.4 Å². The minimum absolute atomic E-state index is 0.0732. The predicted molar refractivity (Wildman–Crippen MR) is 66.3 cm³/mol. The topological polar surface area (TPSA) is 120 Å². The number of carbonyl (C=O) groups excluding carboxylic acids is 1. The fourth-order valence-corrected chi connectivity index (χ4v) is 1.37. The molecule has 0 radical (unpaired) electrons. The number of hydrogen-bond donors (Lipinski definition) is 1. The van der Waals surface area contributed by atoms with Gasteiger partial charge in [0.25, 0.3) is 5.91 Å². The van der Waals surface area contributed by atoms with Crippen LogP contribution in [0.2, 0.25) is 0 Å². The number of carbonyl (C=O) groups is 1. The molecule has 2 aromatic heterocycles. The van der Waals surface area contributed by atoms with Crippen molar-refractivity contribution in [1.82, 2.24) is 10.1 Å². The van der Waals surface area contributed by atoms with E-state index in [4.69, 9.17) is 4.74 Å². The third-order valence-electron chi connectivity index (χ3n) is 2.22. The van der Waals surface area contributed by atoms with E-state index in [2.05, 4.69) is 20.0 Å². The first kappa shape index (κ1) is 13.5. The summed E-state index contributed by atoms with van der Waals surface area (Å²) < 4.78 is 9.63. The summed E-state index contributed by atoms with van der Waals surface area (Å²) in [6.07, 6.45) is 1.30. The van der Waals surface area contributed by atoms with E-state index >= 15 is 0 Å². The Hall–Kier alpha value is -2.97. The minimum atomic E-state index is -0.669. The molecule has 9 nitrogen and oxygen atoms in total. The molecule has 0 saturated heterocycles.